The lowest BCUT2D eigenvalue weighted by atomic mass is 10.0. The molecule has 0 bridgehead atoms. The van der Waals surface area contributed by atoms with E-state index < -0.39 is 0 Å². The van der Waals surface area contributed by atoms with Gasteiger partial charge in [0.15, 0.2) is 0 Å². The first-order valence-corrected chi connectivity index (χ1v) is 7.65. The maximum atomic E-state index is 5.42. The van der Waals surface area contributed by atoms with Gasteiger partial charge in [0, 0.05) is 31.0 Å². The molecule has 5 nitrogen and oxygen atoms in total. The topological polar surface area (TPSA) is 50.6 Å². The van der Waals surface area contributed by atoms with Gasteiger partial charge in [-0.2, -0.15) is 0 Å². The second kappa shape index (κ2) is 5.40. The van der Waals surface area contributed by atoms with E-state index in [-0.39, 0.29) is 0 Å². The highest BCUT2D eigenvalue weighted by molar-refractivity contribution is 6.16. The van der Waals surface area contributed by atoms with Gasteiger partial charge in [0.25, 0.3) is 0 Å². The summed E-state index contributed by atoms with van der Waals surface area (Å²) in [4.78, 5) is 15.9. The Balaban J connectivity index is 1.74. The van der Waals surface area contributed by atoms with E-state index in [1.807, 2.05) is 18.3 Å². The van der Waals surface area contributed by atoms with E-state index in [9.17, 15) is 0 Å². The summed E-state index contributed by atoms with van der Waals surface area (Å²) in [5.74, 6) is 1.68. The highest BCUT2D eigenvalue weighted by atomic mass is 16.5. The van der Waals surface area contributed by atoms with Crippen molar-refractivity contribution in [1.82, 2.24) is 9.97 Å². The Morgan fingerprint density at radius 1 is 1.09 bits per heavy atom. The summed E-state index contributed by atoms with van der Waals surface area (Å²) in [7, 11) is 1.65. The van der Waals surface area contributed by atoms with Gasteiger partial charge in [-0.3, -0.25) is 4.99 Å². The number of hydrogen-bond acceptors (Lipinski definition) is 5. The molecule has 1 fully saturated rings. The largest absolute Gasteiger partial charge is 0.480 e. The van der Waals surface area contributed by atoms with Crippen LogP contribution < -0.4 is 9.64 Å². The van der Waals surface area contributed by atoms with Crippen LogP contribution in [0.2, 0.25) is 0 Å². The Morgan fingerprint density at radius 3 is 2.73 bits per heavy atom. The minimum absolute atomic E-state index is 0.647. The zero-order valence-corrected chi connectivity index (χ0v) is 12.6. The van der Waals surface area contributed by atoms with Gasteiger partial charge in [0.05, 0.1) is 24.9 Å². The second-order valence-corrected chi connectivity index (χ2v) is 5.62. The third-order valence-electron chi connectivity index (χ3n) is 4.29. The summed E-state index contributed by atoms with van der Waals surface area (Å²) in [5.41, 5.74) is 4.23. The third kappa shape index (κ3) is 2.13. The molecular weight excluding hydrogens is 276 g/mol. The average molecular weight is 294 g/mol. The Labute approximate surface area is 129 Å². The first-order chi connectivity index (χ1) is 10.9. The van der Waals surface area contributed by atoms with Gasteiger partial charge < -0.3 is 9.64 Å². The molecule has 0 aromatic carbocycles. The molecule has 0 unspecified atom stereocenters. The number of fused-ring (bicyclic) bond motifs is 1. The summed E-state index contributed by atoms with van der Waals surface area (Å²) in [5, 5.41) is 0. The van der Waals surface area contributed by atoms with Crippen molar-refractivity contribution < 1.29 is 4.74 Å². The first kappa shape index (κ1) is 13.2. The molecule has 0 saturated carbocycles. The SMILES string of the molecule is COc1nccc2c1C(c1ccnc(N3CCCC3)c1)=NC2. The lowest BCUT2D eigenvalue weighted by molar-refractivity contribution is 0.397. The van der Waals surface area contributed by atoms with E-state index in [0.717, 1.165) is 35.7 Å². The van der Waals surface area contributed by atoms with E-state index in [1.54, 1.807) is 13.3 Å². The highest BCUT2D eigenvalue weighted by Gasteiger charge is 2.23. The quantitative estimate of drug-likeness (QED) is 0.872. The summed E-state index contributed by atoms with van der Waals surface area (Å²) in [6, 6.07) is 6.16. The zero-order chi connectivity index (χ0) is 14.9. The molecule has 0 radical (unpaired) electrons. The Kier molecular flexibility index (Phi) is 3.25. The predicted octanol–water partition coefficient (Wildman–Crippen LogP) is 2.44. The Bertz CT molecular complexity index is 735. The molecule has 4 rings (SSSR count). The second-order valence-electron chi connectivity index (χ2n) is 5.62. The molecule has 2 aliphatic heterocycles. The van der Waals surface area contributed by atoms with Crippen LogP contribution in [0.5, 0.6) is 5.88 Å². The molecule has 1 saturated heterocycles. The first-order valence-electron chi connectivity index (χ1n) is 7.65. The van der Waals surface area contributed by atoms with E-state index >= 15 is 0 Å². The summed E-state index contributed by atoms with van der Waals surface area (Å²) < 4.78 is 5.42. The minimum atomic E-state index is 0.647. The predicted molar refractivity (Wildman–Crippen MR) is 85.8 cm³/mol. The molecule has 2 aliphatic rings. The standard InChI is InChI=1S/C17H18N4O/c1-22-17-15-13(5-7-19-17)11-20-16(15)12-4-6-18-14(10-12)21-8-2-3-9-21/h4-7,10H,2-3,8-9,11H2,1H3. The number of nitrogens with zero attached hydrogens (tertiary/aromatic N) is 4. The average Bonchev–Trinajstić information content (AvgIpc) is 3.24. The van der Waals surface area contributed by atoms with Crippen LogP contribution in [0.25, 0.3) is 0 Å². The van der Waals surface area contributed by atoms with Gasteiger partial charge in [0.2, 0.25) is 5.88 Å². The molecule has 5 heteroatoms. The fourth-order valence-electron chi connectivity index (χ4n) is 3.18. The monoisotopic (exact) mass is 294 g/mol. The van der Waals surface area contributed by atoms with Crippen molar-refractivity contribution in [3.05, 3.63) is 47.3 Å². The summed E-state index contributed by atoms with van der Waals surface area (Å²) >= 11 is 0. The van der Waals surface area contributed by atoms with Crippen LogP contribution in [0.1, 0.15) is 29.5 Å². The molecule has 112 valence electrons. The number of aromatic nitrogens is 2. The molecule has 22 heavy (non-hydrogen) atoms. The van der Waals surface area contributed by atoms with Gasteiger partial charge in [0.1, 0.15) is 5.82 Å². The molecule has 0 amide bonds. The van der Waals surface area contributed by atoms with Crippen LogP contribution in [-0.2, 0) is 6.54 Å². The lowest BCUT2D eigenvalue weighted by Crippen LogP contribution is -2.19. The molecular formula is C17H18N4O. The number of ether oxygens (including phenoxy) is 1. The molecule has 4 heterocycles. The number of rotatable bonds is 3. The van der Waals surface area contributed by atoms with Crippen molar-refractivity contribution in [2.24, 2.45) is 4.99 Å². The van der Waals surface area contributed by atoms with Gasteiger partial charge in [-0.05, 0) is 36.6 Å². The van der Waals surface area contributed by atoms with Gasteiger partial charge >= 0.3 is 0 Å². The Morgan fingerprint density at radius 2 is 1.91 bits per heavy atom. The number of methoxy groups -OCH3 is 1. The van der Waals surface area contributed by atoms with Crippen molar-refractivity contribution in [2.45, 2.75) is 19.4 Å². The fraction of sp³-hybridized carbons (Fsp3) is 0.353. The van der Waals surface area contributed by atoms with Crippen molar-refractivity contribution in [2.75, 3.05) is 25.1 Å². The van der Waals surface area contributed by atoms with Crippen molar-refractivity contribution in [3.8, 4) is 5.88 Å². The van der Waals surface area contributed by atoms with Crippen molar-refractivity contribution >= 4 is 11.5 Å². The lowest BCUT2D eigenvalue weighted by Gasteiger charge is -2.17. The minimum Gasteiger partial charge on any atom is -0.480 e. The molecule has 0 spiro atoms. The zero-order valence-electron chi connectivity index (χ0n) is 12.6. The van der Waals surface area contributed by atoms with Gasteiger partial charge in [-0.25, -0.2) is 9.97 Å². The molecule has 0 aliphatic carbocycles. The summed E-state index contributed by atoms with van der Waals surface area (Å²) in [6.45, 7) is 2.86. The molecule has 0 atom stereocenters. The number of pyridine rings is 2. The van der Waals surface area contributed by atoms with E-state index in [4.69, 9.17) is 9.73 Å². The molecule has 2 aromatic heterocycles. The van der Waals surface area contributed by atoms with Crippen LogP contribution in [-0.4, -0.2) is 35.9 Å². The molecule has 0 N–H and O–H groups in total. The van der Waals surface area contributed by atoms with E-state index in [0.29, 0.717) is 12.4 Å². The highest BCUT2D eigenvalue weighted by Crippen LogP contribution is 2.30. The van der Waals surface area contributed by atoms with Gasteiger partial charge in [-0.15, -0.1) is 0 Å². The van der Waals surface area contributed by atoms with Crippen molar-refractivity contribution in [1.29, 1.82) is 0 Å². The fourth-order valence-corrected chi connectivity index (χ4v) is 3.18. The van der Waals surface area contributed by atoms with E-state index in [2.05, 4.69) is 20.9 Å². The van der Waals surface area contributed by atoms with Crippen LogP contribution in [0.4, 0.5) is 5.82 Å². The molecule has 2 aromatic rings. The van der Waals surface area contributed by atoms with Gasteiger partial charge in [-0.1, -0.05) is 0 Å². The third-order valence-corrected chi connectivity index (χ3v) is 4.29. The van der Waals surface area contributed by atoms with Crippen LogP contribution >= 0.6 is 0 Å². The van der Waals surface area contributed by atoms with Crippen molar-refractivity contribution in [3.63, 3.8) is 0 Å². The smallest absolute Gasteiger partial charge is 0.222 e. The number of hydrogen-bond donors (Lipinski definition) is 0. The van der Waals surface area contributed by atoms with Crippen LogP contribution in [0.3, 0.4) is 0 Å². The summed E-state index contributed by atoms with van der Waals surface area (Å²) in [6.07, 6.45) is 6.13. The maximum Gasteiger partial charge on any atom is 0.222 e. The normalized spacial score (nSPS) is 16.6. The number of anilines is 1. The number of aliphatic imine (C=N–C) groups is 1. The van der Waals surface area contributed by atoms with Crippen LogP contribution in [0.15, 0.2) is 35.6 Å². The van der Waals surface area contributed by atoms with Crippen LogP contribution in [0, 0.1) is 0 Å². The van der Waals surface area contributed by atoms with E-state index in [1.165, 1.54) is 18.4 Å². The Hall–Kier alpha value is -2.43. The maximum absolute atomic E-state index is 5.42.